The molecule has 5 aliphatic rings. The van der Waals surface area contributed by atoms with Crippen LogP contribution in [0, 0.1) is 11.8 Å². The molecule has 1 heteroatoms. The Bertz CT molecular complexity index is 1170. The van der Waals surface area contributed by atoms with Gasteiger partial charge in [-0.15, -0.1) is 0 Å². The Labute approximate surface area is 202 Å². The molecule has 34 heavy (non-hydrogen) atoms. The Morgan fingerprint density at radius 2 is 0.824 bits per heavy atom. The van der Waals surface area contributed by atoms with Crippen molar-refractivity contribution in [2.75, 3.05) is 0 Å². The Hall–Kier alpha value is -3.16. The van der Waals surface area contributed by atoms with Crippen LogP contribution in [-0.2, 0) is 15.9 Å². The molecule has 3 heterocycles. The maximum Gasteiger partial charge on any atom is 0.0983 e. The van der Waals surface area contributed by atoms with Crippen molar-refractivity contribution in [3.63, 3.8) is 0 Å². The predicted octanol–water partition coefficient (Wildman–Crippen LogP) is 7.81. The van der Waals surface area contributed by atoms with E-state index in [9.17, 15) is 0 Å². The SMILES string of the molecule is c1ccc([C@H]2C[C@]3(c4ccccc4)O[C@@]4(c5ccccc5)C[C@H](c5ccccc5)C3CC24)cc1. The van der Waals surface area contributed by atoms with Gasteiger partial charge in [0.2, 0.25) is 0 Å². The minimum absolute atomic E-state index is 0.287. The standard InChI is InChI=1S/C33H30O/c1-5-13-24(14-6-1)28-22-32(26-17-9-3-10-18-26)31-21-30(28)33(34-32,27-19-11-4-12-20-27)23-29(31)25-15-7-2-8-16-25/h1-20,28-31H,21-23H2/t28-,29-,30?,31?,32-,33-/m1/s1. The third kappa shape index (κ3) is 2.83. The molecule has 3 saturated heterocycles. The van der Waals surface area contributed by atoms with Crippen LogP contribution in [0.25, 0.3) is 0 Å². The van der Waals surface area contributed by atoms with Crippen LogP contribution in [0.15, 0.2) is 121 Å². The van der Waals surface area contributed by atoms with Crippen LogP contribution in [0.1, 0.15) is 53.4 Å². The first-order valence-corrected chi connectivity index (χ1v) is 12.7. The quantitative estimate of drug-likeness (QED) is 0.313. The second-order valence-electron chi connectivity index (χ2n) is 10.5. The maximum atomic E-state index is 7.54. The van der Waals surface area contributed by atoms with Gasteiger partial charge in [-0.1, -0.05) is 121 Å². The van der Waals surface area contributed by atoms with Crippen molar-refractivity contribution >= 4 is 0 Å². The average Bonchev–Trinajstić information content (AvgIpc) is 2.94. The van der Waals surface area contributed by atoms with Gasteiger partial charge in [0.15, 0.2) is 0 Å². The van der Waals surface area contributed by atoms with E-state index < -0.39 is 0 Å². The van der Waals surface area contributed by atoms with Crippen molar-refractivity contribution < 1.29 is 4.74 Å². The van der Waals surface area contributed by atoms with Gasteiger partial charge < -0.3 is 4.74 Å². The number of rotatable bonds is 4. The van der Waals surface area contributed by atoms with E-state index in [-0.39, 0.29) is 11.2 Å². The van der Waals surface area contributed by atoms with Gasteiger partial charge in [0, 0.05) is 0 Å². The highest BCUT2D eigenvalue weighted by Gasteiger charge is 2.70. The summed E-state index contributed by atoms with van der Waals surface area (Å²) in [4.78, 5) is 0. The fourth-order valence-corrected chi connectivity index (χ4v) is 7.76. The second-order valence-corrected chi connectivity index (χ2v) is 10.5. The largest absolute Gasteiger partial charge is 0.358 e. The zero-order chi connectivity index (χ0) is 22.6. The lowest BCUT2D eigenvalue weighted by atomic mass is 9.44. The highest BCUT2D eigenvalue weighted by atomic mass is 16.5. The molecule has 3 aliphatic heterocycles. The molecule has 4 aromatic carbocycles. The van der Waals surface area contributed by atoms with Crippen LogP contribution in [0.5, 0.6) is 0 Å². The van der Waals surface area contributed by atoms with Crippen LogP contribution < -0.4 is 0 Å². The Morgan fingerprint density at radius 1 is 0.471 bits per heavy atom. The average molecular weight is 443 g/mol. The predicted molar refractivity (Wildman–Crippen MR) is 137 cm³/mol. The van der Waals surface area contributed by atoms with Gasteiger partial charge in [0.1, 0.15) is 0 Å². The Kier molecular flexibility index (Phi) is 4.57. The van der Waals surface area contributed by atoms with E-state index in [4.69, 9.17) is 4.74 Å². The highest BCUT2D eigenvalue weighted by Crippen LogP contribution is 2.73. The normalized spacial score (nSPS) is 33.6. The molecule has 0 spiro atoms. The van der Waals surface area contributed by atoms with Crippen LogP contribution in [-0.4, -0.2) is 0 Å². The summed E-state index contributed by atoms with van der Waals surface area (Å²) in [5.74, 6) is 1.94. The molecule has 5 fully saturated rings. The monoisotopic (exact) mass is 442 g/mol. The zero-order valence-corrected chi connectivity index (χ0v) is 19.4. The smallest absolute Gasteiger partial charge is 0.0983 e. The molecule has 168 valence electrons. The van der Waals surface area contributed by atoms with Crippen molar-refractivity contribution in [2.24, 2.45) is 11.8 Å². The van der Waals surface area contributed by atoms with Crippen LogP contribution >= 0.6 is 0 Å². The van der Waals surface area contributed by atoms with Crippen molar-refractivity contribution in [3.05, 3.63) is 144 Å². The van der Waals surface area contributed by atoms with Gasteiger partial charge in [-0.3, -0.25) is 0 Å². The lowest BCUT2D eigenvalue weighted by molar-refractivity contribution is -0.338. The first kappa shape index (κ1) is 20.2. The first-order valence-electron chi connectivity index (χ1n) is 12.7. The molecule has 4 aromatic rings. The molecule has 0 N–H and O–H groups in total. The van der Waals surface area contributed by atoms with Crippen molar-refractivity contribution in [2.45, 2.75) is 42.3 Å². The van der Waals surface area contributed by atoms with E-state index in [2.05, 4.69) is 121 Å². The summed E-state index contributed by atoms with van der Waals surface area (Å²) in [5.41, 5.74) is 5.05. The maximum absolute atomic E-state index is 7.54. The number of hydrogen-bond acceptors (Lipinski definition) is 1. The van der Waals surface area contributed by atoms with Gasteiger partial charge >= 0.3 is 0 Å². The summed E-state index contributed by atoms with van der Waals surface area (Å²) in [6, 6.07) is 44.7. The van der Waals surface area contributed by atoms with Gasteiger partial charge in [-0.05, 0) is 65.2 Å². The van der Waals surface area contributed by atoms with Gasteiger partial charge in [-0.2, -0.15) is 0 Å². The summed E-state index contributed by atoms with van der Waals surface area (Å²) in [6.45, 7) is 0. The van der Waals surface area contributed by atoms with Crippen LogP contribution in [0.4, 0.5) is 0 Å². The summed E-state index contributed by atoms with van der Waals surface area (Å²) in [7, 11) is 0. The van der Waals surface area contributed by atoms with E-state index >= 15 is 0 Å². The molecule has 2 aliphatic carbocycles. The molecule has 0 amide bonds. The number of ether oxygens (including phenoxy) is 1. The Morgan fingerprint density at radius 3 is 1.21 bits per heavy atom. The lowest BCUT2D eigenvalue weighted by Crippen LogP contribution is -2.67. The van der Waals surface area contributed by atoms with E-state index in [1.54, 1.807) is 0 Å². The summed E-state index contributed by atoms with van der Waals surface area (Å²) < 4.78 is 7.54. The van der Waals surface area contributed by atoms with E-state index in [0.717, 1.165) is 12.8 Å². The number of hydrogen-bond donors (Lipinski definition) is 0. The third-order valence-corrected chi connectivity index (χ3v) is 9.07. The molecule has 4 bridgehead atoms. The second kappa shape index (κ2) is 7.68. The molecule has 2 saturated carbocycles. The highest BCUT2D eigenvalue weighted by molar-refractivity contribution is 5.42. The van der Waals surface area contributed by atoms with Crippen molar-refractivity contribution in [1.29, 1.82) is 0 Å². The minimum Gasteiger partial charge on any atom is -0.358 e. The fourth-order valence-electron chi connectivity index (χ4n) is 7.76. The fraction of sp³-hybridized carbons (Fsp3) is 0.273. The number of fused-ring (bicyclic) bond motifs is 2. The molecule has 9 rings (SSSR count). The van der Waals surface area contributed by atoms with Gasteiger partial charge in [-0.25, -0.2) is 0 Å². The van der Waals surface area contributed by atoms with Crippen LogP contribution in [0.2, 0.25) is 0 Å². The zero-order valence-electron chi connectivity index (χ0n) is 19.4. The molecule has 0 aromatic heterocycles. The van der Waals surface area contributed by atoms with Crippen molar-refractivity contribution in [1.82, 2.24) is 0 Å². The minimum atomic E-state index is -0.287. The molecule has 2 unspecified atom stereocenters. The van der Waals surface area contributed by atoms with Gasteiger partial charge in [0.05, 0.1) is 11.2 Å². The molecule has 6 atom stereocenters. The van der Waals surface area contributed by atoms with E-state index in [1.165, 1.54) is 28.7 Å². The van der Waals surface area contributed by atoms with E-state index in [0.29, 0.717) is 23.7 Å². The lowest BCUT2D eigenvalue weighted by Gasteiger charge is -2.70. The van der Waals surface area contributed by atoms with Crippen LogP contribution in [0.3, 0.4) is 0 Å². The molecular weight excluding hydrogens is 412 g/mol. The first-order chi connectivity index (χ1) is 16.8. The Balaban J connectivity index is 1.47. The van der Waals surface area contributed by atoms with Gasteiger partial charge in [0.25, 0.3) is 0 Å². The van der Waals surface area contributed by atoms with E-state index in [1.807, 2.05) is 0 Å². The van der Waals surface area contributed by atoms with Crippen molar-refractivity contribution in [3.8, 4) is 0 Å². The summed E-state index contributed by atoms with van der Waals surface area (Å²) >= 11 is 0. The summed E-state index contributed by atoms with van der Waals surface area (Å²) in [5, 5.41) is 0. The molecular formula is C33H30O. The molecule has 1 nitrogen and oxygen atoms in total. The molecule has 0 radical (unpaired) electrons. The summed E-state index contributed by atoms with van der Waals surface area (Å²) in [6.07, 6.45) is 3.30. The topological polar surface area (TPSA) is 9.23 Å². The third-order valence-electron chi connectivity index (χ3n) is 9.07. The number of benzene rings is 4.